The molecule has 0 aliphatic carbocycles. The number of hydrogen-bond donors (Lipinski definition) is 1. The van der Waals surface area contributed by atoms with Crippen LogP contribution in [0.5, 0.6) is 5.75 Å². The van der Waals surface area contributed by atoms with E-state index in [1.807, 2.05) is 30.3 Å². The summed E-state index contributed by atoms with van der Waals surface area (Å²) in [6.07, 6.45) is 0. The topological polar surface area (TPSA) is 58.5 Å². The van der Waals surface area contributed by atoms with E-state index < -0.39 is 0 Å². The molecule has 0 spiro atoms. The molecule has 1 aliphatic rings. The number of morpholine rings is 1. The Morgan fingerprint density at radius 3 is 2.46 bits per heavy atom. The number of aromatic nitrogens is 2. The van der Waals surface area contributed by atoms with E-state index >= 15 is 0 Å². The fraction of sp³-hybridized carbons (Fsp3) is 0.182. The molecule has 5 nitrogen and oxygen atoms in total. The van der Waals surface area contributed by atoms with E-state index in [4.69, 9.17) is 14.7 Å². The molecule has 0 radical (unpaired) electrons. The summed E-state index contributed by atoms with van der Waals surface area (Å²) in [4.78, 5) is 13.2. The number of phenolic OH excluding ortho intramolecular Hbond substituents is 1. The van der Waals surface area contributed by atoms with Gasteiger partial charge < -0.3 is 14.7 Å². The summed E-state index contributed by atoms with van der Waals surface area (Å²) in [6.45, 7) is 3.02. The van der Waals surface area contributed by atoms with Crippen molar-refractivity contribution in [3.05, 3.63) is 60.7 Å². The lowest BCUT2D eigenvalue weighted by atomic mass is 10.2. The number of aromatic hydroxyl groups is 1. The van der Waals surface area contributed by atoms with E-state index in [0.29, 0.717) is 19.0 Å². The van der Waals surface area contributed by atoms with E-state index in [1.165, 1.54) is 10.4 Å². The van der Waals surface area contributed by atoms with Crippen molar-refractivity contribution in [3.63, 3.8) is 0 Å². The van der Waals surface area contributed by atoms with Gasteiger partial charge >= 0.3 is 0 Å². The third-order valence-electron chi connectivity index (χ3n) is 4.83. The first-order chi connectivity index (χ1) is 13.8. The zero-order valence-corrected chi connectivity index (χ0v) is 16.0. The Balaban J connectivity index is 1.70. The number of fused-ring (bicyclic) bond motifs is 1. The van der Waals surface area contributed by atoms with E-state index in [-0.39, 0.29) is 5.75 Å². The van der Waals surface area contributed by atoms with Gasteiger partial charge in [-0.25, -0.2) is 9.97 Å². The van der Waals surface area contributed by atoms with Crippen LogP contribution >= 0.6 is 11.3 Å². The van der Waals surface area contributed by atoms with Crippen molar-refractivity contribution in [1.82, 2.24) is 9.97 Å². The van der Waals surface area contributed by atoms with Crippen LogP contribution in [0.1, 0.15) is 0 Å². The molecular formula is C22H19N3O2S. The average molecular weight is 389 g/mol. The van der Waals surface area contributed by atoms with Crippen molar-refractivity contribution in [2.24, 2.45) is 0 Å². The average Bonchev–Trinajstić information content (AvgIpc) is 3.19. The predicted molar refractivity (Wildman–Crippen MR) is 113 cm³/mol. The van der Waals surface area contributed by atoms with Crippen molar-refractivity contribution in [2.45, 2.75) is 0 Å². The molecule has 1 aliphatic heterocycles. The maximum Gasteiger partial charge on any atom is 0.162 e. The van der Waals surface area contributed by atoms with Crippen molar-refractivity contribution >= 4 is 27.4 Å². The maximum absolute atomic E-state index is 9.88. The van der Waals surface area contributed by atoms with Gasteiger partial charge in [-0.05, 0) is 23.8 Å². The Labute approximate surface area is 166 Å². The molecule has 0 bridgehead atoms. The largest absolute Gasteiger partial charge is 0.508 e. The first kappa shape index (κ1) is 17.2. The van der Waals surface area contributed by atoms with Gasteiger partial charge in [-0.2, -0.15) is 0 Å². The van der Waals surface area contributed by atoms with Crippen LogP contribution in [0.2, 0.25) is 0 Å². The van der Waals surface area contributed by atoms with E-state index in [0.717, 1.165) is 34.7 Å². The summed E-state index contributed by atoms with van der Waals surface area (Å²) in [6, 6.07) is 19.6. The Bertz CT molecular complexity index is 1120. The standard InChI is InChI=1S/C22H19N3O2S/c26-17-8-4-7-16(13-17)21-23-18-14-19(15-5-2-1-3-6-15)28-20(18)22(24-21)25-9-11-27-12-10-25/h1-8,13-14,26H,9-12H2. The number of ether oxygens (including phenoxy) is 1. The second-order valence-corrected chi connectivity index (χ2v) is 7.76. The van der Waals surface area contributed by atoms with Crippen LogP contribution in [-0.4, -0.2) is 41.4 Å². The van der Waals surface area contributed by atoms with Gasteiger partial charge in [0, 0.05) is 23.5 Å². The number of rotatable bonds is 3. The molecule has 4 aromatic rings. The van der Waals surface area contributed by atoms with E-state index in [9.17, 15) is 5.11 Å². The summed E-state index contributed by atoms with van der Waals surface area (Å²) in [5.41, 5.74) is 2.92. The fourth-order valence-electron chi connectivity index (χ4n) is 3.42. The van der Waals surface area contributed by atoms with Crippen LogP contribution in [0.4, 0.5) is 5.82 Å². The summed E-state index contributed by atoms with van der Waals surface area (Å²) >= 11 is 1.72. The van der Waals surface area contributed by atoms with Gasteiger partial charge in [0.15, 0.2) is 11.6 Å². The summed E-state index contributed by atoms with van der Waals surface area (Å²) in [5.74, 6) is 1.78. The van der Waals surface area contributed by atoms with Gasteiger partial charge in [-0.1, -0.05) is 42.5 Å². The van der Waals surface area contributed by atoms with Crippen molar-refractivity contribution in [2.75, 3.05) is 31.2 Å². The van der Waals surface area contributed by atoms with Crippen molar-refractivity contribution < 1.29 is 9.84 Å². The van der Waals surface area contributed by atoms with Crippen molar-refractivity contribution in [3.8, 4) is 27.6 Å². The van der Waals surface area contributed by atoms with Gasteiger partial charge in [0.1, 0.15) is 5.75 Å². The van der Waals surface area contributed by atoms with Crippen LogP contribution in [0, 0.1) is 0 Å². The molecule has 0 atom stereocenters. The Morgan fingerprint density at radius 1 is 0.893 bits per heavy atom. The number of hydrogen-bond acceptors (Lipinski definition) is 6. The van der Waals surface area contributed by atoms with Gasteiger partial charge in [-0.3, -0.25) is 0 Å². The molecule has 2 aromatic carbocycles. The quantitative estimate of drug-likeness (QED) is 0.556. The summed E-state index contributed by atoms with van der Waals surface area (Å²) in [7, 11) is 0. The van der Waals surface area contributed by atoms with Gasteiger partial charge in [0.05, 0.1) is 23.4 Å². The first-order valence-electron chi connectivity index (χ1n) is 9.27. The molecule has 0 amide bonds. The van der Waals surface area contributed by atoms with E-state index in [1.54, 1.807) is 23.5 Å². The minimum Gasteiger partial charge on any atom is -0.508 e. The second kappa shape index (κ2) is 7.22. The smallest absolute Gasteiger partial charge is 0.162 e. The number of nitrogens with zero attached hydrogens (tertiary/aromatic N) is 3. The summed E-state index contributed by atoms with van der Waals surface area (Å²) < 4.78 is 6.61. The first-order valence-corrected chi connectivity index (χ1v) is 10.1. The molecule has 2 aromatic heterocycles. The molecule has 0 saturated carbocycles. The molecule has 1 saturated heterocycles. The minimum absolute atomic E-state index is 0.212. The zero-order chi connectivity index (χ0) is 18.9. The minimum atomic E-state index is 0.212. The molecule has 0 unspecified atom stereocenters. The van der Waals surface area contributed by atoms with Crippen molar-refractivity contribution in [1.29, 1.82) is 0 Å². The molecule has 3 heterocycles. The lowest BCUT2D eigenvalue weighted by Gasteiger charge is -2.28. The highest BCUT2D eigenvalue weighted by Gasteiger charge is 2.20. The molecule has 28 heavy (non-hydrogen) atoms. The molecule has 1 N–H and O–H groups in total. The van der Waals surface area contributed by atoms with Crippen LogP contribution in [-0.2, 0) is 4.74 Å². The highest BCUT2D eigenvalue weighted by Crippen LogP contribution is 2.38. The summed E-state index contributed by atoms with van der Waals surface area (Å²) in [5, 5.41) is 9.88. The Kier molecular flexibility index (Phi) is 4.43. The van der Waals surface area contributed by atoms with Gasteiger partial charge in [0.2, 0.25) is 0 Å². The SMILES string of the molecule is Oc1cccc(-c2nc(N3CCOCC3)c3sc(-c4ccccc4)cc3n2)c1. The third kappa shape index (κ3) is 3.21. The molecule has 140 valence electrons. The number of benzene rings is 2. The Hall–Kier alpha value is -2.96. The van der Waals surface area contributed by atoms with Crippen LogP contribution in [0.25, 0.3) is 32.0 Å². The number of phenols is 1. The molecular weight excluding hydrogens is 370 g/mol. The van der Waals surface area contributed by atoms with E-state index in [2.05, 4.69) is 23.1 Å². The second-order valence-electron chi connectivity index (χ2n) is 6.71. The Morgan fingerprint density at radius 2 is 1.68 bits per heavy atom. The third-order valence-corrected chi connectivity index (χ3v) is 6.00. The monoisotopic (exact) mass is 389 g/mol. The number of thiophene rings is 1. The maximum atomic E-state index is 9.88. The lowest BCUT2D eigenvalue weighted by Crippen LogP contribution is -2.36. The van der Waals surface area contributed by atoms with Crippen LogP contribution in [0.15, 0.2) is 60.7 Å². The van der Waals surface area contributed by atoms with Crippen LogP contribution < -0.4 is 4.90 Å². The normalized spacial score (nSPS) is 14.5. The molecule has 5 rings (SSSR count). The van der Waals surface area contributed by atoms with Gasteiger partial charge in [0.25, 0.3) is 0 Å². The molecule has 1 fully saturated rings. The molecule has 6 heteroatoms. The van der Waals surface area contributed by atoms with Gasteiger partial charge in [-0.15, -0.1) is 11.3 Å². The number of anilines is 1. The zero-order valence-electron chi connectivity index (χ0n) is 15.2. The fourth-order valence-corrected chi connectivity index (χ4v) is 4.54. The highest BCUT2D eigenvalue weighted by atomic mass is 32.1. The predicted octanol–water partition coefficient (Wildman–Crippen LogP) is 4.57. The van der Waals surface area contributed by atoms with Crippen LogP contribution in [0.3, 0.4) is 0 Å². The lowest BCUT2D eigenvalue weighted by molar-refractivity contribution is 0.122. The highest BCUT2D eigenvalue weighted by molar-refractivity contribution is 7.22.